The Balaban J connectivity index is 2.47. The summed E-state index contributed by atoms with van der Waals surface area (Å²) in [6.45, 7) is 2.98. The lowest BCUT2D eigenvalue weighted by Crippen LogP contribution is -2.06. The van der Waals surface area contributed by atoms with Crippen LogP contribution in [0.4, 0.5) is 13.2 Å². The third-order valence-electron chi connectivity index (χ3n) is 3.10. The monoisotopic (exact) mass is 266 g/mol. The fourth-order valence-corrected chi connectivity index (χ4v) is 1.89. The van der Waals surface area contributed by atoms with E-state index < -0.39 is 23.6 Å². The molecule has 0 spiro atoms. The van der Waals surface area contributed by atoms with E-state index >= 15 is 0 Å². The first-order valence-corrected chi connectivity index (χ1v) is 5.80. The highest BCUT2D eigenvalue weighted by Gasteiger charge is 2.19. The summed E-state index contributed by atoms with van der Waals surface area (Å²) >= 11 is 0. The maximum absolute atomic E-state index is 13.8. The van der Waals surface area contributed by atoms with Crippen LogP contribution in [0.5, 0.6) is 0 Å². The third-order valence-corrected chi connectivity index (χ3v) is 3.10. The van der Waals surface area contributed by atoms with Crippen molar-refractivity contribution in [2.45, 2.75) is 20.0 Å². The molecule has 4 heteroatoms. The van der Waals surface area contributed by atoms with Crippen molar-refractivity contribution in [1.29, 1.82) is 0 Å². The minimum Gasteiger partial charge on any atom is -0.384 e. The van der Waals surface area contributed by atoms with Crippen LogP contribution in [0.2, 0.25) is 0 Å². The lowest BCUT2D eigenvalue weighted by Gasteiger charge is -2.14. The fraction of sp³-hybridized carbons (Fsp3) is 0.200. The van der Waals surface area contributed by atoms with Crippen LogP contribution in [0.25, 0.3) is 0 Å². The molecule has 19 heavy (non-hydrogen) atoms. The molecule has 1 nitrogen and oxygen atoms in total. The van der Waals surface area contributed by atoms with Crippen molar-refractivity contribution < 1.29 is 18.3 Å². The molecule has 2 rings (SSSR count). The van der Waals surface area contributed by atoms with Crippen LogP contribution in [-0.4, -0.2) is 5.11 Å². The summed E-state index contributed by atoms with van der Waals surface area (Å²) in [4.78, 5) is 0. The van der Waals surface area contributed by atoms with Crippen molar-refractivity contribution in [3.8, 4) is 0 Å². The van der Waals surface area contributed by atoms with E-state index in [1.807, 2.05) is 0 Å². The first-order chi connectivity index (χ1) is 8.91. The number of benzene rings is 2. The molecule has 2 aromatic rings. The zero-order valence-corrected chi connectivity index (χ0v) is 10.5. The number of hydrogen-bond donors (Lipinski definition) is 1. The predicted molar refractivity (Wildman–Crippen MR) is 66.3 cm³/mol. The van der Waals surface area contributed by atoms with Crippen molar-refractivity contribution in [1.82, 2.24) is 0 Å². The van der Waals surface area contributed by atoms with Gasteiger partial charge in [0.05, 0.1) is 0 Å². The Bertz CT molecular complexity index is 623. The number of aliphatic hydroxyl groups is 1. The summed E-state index contributed by atoms with van der Waals surface area (Å²) in [5, 5.41) is 10.1. The van der Waals surface area contributed by atoms with Gasteiger partial charge < -0.3 is 5.11 Å². The molecule has 0 fully saturated rings. The van der Waals surface area contributed by atoms with Gasteiger partial charge in [0.15, 0.2) is 11.6 Å². The summed E-state index contributed by atoms with van der Waals surface area (Å²) in [5.74, 6) is -2.46. The molecular weight excluding hydrogens is 253 g/mol. The van der Waals surface area contributed by atoms with Crippen molar-refractivity contribution >= 4 is 0 Å². The third kappa shape index (κ3) is 2.49. The molecule has 0 radical (unpaired) electrons. The molecule has 2 aromatic carbocycles. The van der Waals surface area contributed by atoms with Crippen molar-refractivity contribution in [2.75, 3.05) is 0 Å². The Labute approximate surface area is 109 Å². The largest absolute Gasteiger partial charge is 0.384 e. The van der Waals surface area contributed by atoms with Crippen LogP contribution in [0, 0.1) is 31.3 Å². The van der Waals surface area contributed by atoms with E-state index in [1.54, 1.807) is 0 Å². The second kappa shape index (κ2) is 5.05. The van der Waals surface area contributed by atoms with E-state index in [0.717, 1.165) is 0 Å². The Hall–Kier alpha value is -1.81. The zero-order valence-electron chi connectivity index (χ0n) is 10.5. The molecule has 0 aromatic heterocycles. The zero-order chi connectivity index (χ0) is 14.2. The molecule has 0 aliphatic carbocycles. The molecule has 1 atom stereocenters. The van der Waals surface area contributed by atoms with E-state index in [-0.39, 0.29) is 11.1 Å². The van der Waals surface area contributed by atoms with Crippen LogP contribution < -0.4 is 0 Å². The molecule has 100 valence electrons. The van der Waals surface area contributed by atoms with Gasteiger partial charge in [-0.15, -0.1) is 0 Å². The number of rotatable bonds is 2. The molecule has 0 bridgehead atoms. The van der Waals surface area contributed by atoms with Crippen LogP contribution in [0.15, 0.2) is 30.3 Å². The standard InChI is InChI=1S/C15H13F3O/c1-8-3-5-11(14(18)13(8)17)15(19)10-4-6-12(16)9(2)7-10/h3-7,15,19H,1-2H3. The van der Waals surface area contributed by atoms with Gasteiger partial charge in [0, 0.05) is 5.56 Å². The number of aliphatic hydroxyl groups excluding tert-OH is 1. The highest BCUT2D eigenvalue weighted by Crippen LogP contribution is 2.27. The number of hydrogen-bond acceptors (Lipinski definition) is 1. The van der Waals surface area contributed by atoms with Crippen molar-refractivity contribution in [3.63, 3.8) is 0 Å². The lowest BCUT2D eigenvalue weighted by atomic mass is 9.98. The number of halogens is 3. The average Bonchev–Trinajstić information content (AvgIpc) is 2.39. The second-order valence-electron chi connectivity index (χ2n) is 4.51. The summed E-state index contributed by atoms with van der Waals surface area (Å²) in [6.07, 6.45) is -1.32. The first-order valence-electron chi connectivity index (χ1n) is 5.80. The van der Waals surface area contributed by atoms with Crippen LogP contribution in [0.3, 0.4) is 0 Å². The average molecular weight is 266 g/mol. The minimum absolute atomic E-state index is 0.158. The molecule has 0 aliphatic rings. The molecule has 0 saturated heterocycles. The van der Waals surface area contributed by atoms with Crippen molar-refractivity contribution in [3.05, 3.63) is 70.0 Å². The van der Waals surface area contributed by atoms with Gasteiger partial charge in [0.25, 0.3) is 0 Å². The van der Waals surface area contributed by atoms with Gasteiger partial charge in [-0.25, -0.2) is 13.2 Å². The Morgan fingerprint density at radius 3 is 2.21 bits per heavy atom. The predicted octanol–water partition coefficient (Wildman–Crippen LogP) is 3.80. The molecule has 0 saturated carbocycles. The smallest absolute Gasteiger partial charge is 0.165 e. The topological polar surface area (TPSA) is 20.2 Å². The highest BCUT2D eigenvalue weighted by atomic mass is 19.2. The van der Waals surface area contributed by atoms with Crippen LogP contribution >= 0.6 is 0 Å². The highest BCUT2D eigenvalue weighted by molar-refractivity contribution is 5.35. The first kappa shape index (κ1) is 13.6. The van der Waals surface area contributed by atoms with Gasteiger partial charge in [-0.2, -0.15) is 0 Å². The minimum atomic E-state index is -1.32. The van der Waals surface area contributed by atoms with E-state index in [9.17, 15) is 18.3 Å². The Kier molecular flexibility index (Phi) is 3.62. The lowest BCUT2D eigenvalue weighted by molar-refractivity contribution is 0.213. The Morgan fingerprint density at radius 1 is 0.895 bits per heavy atom. The van der Waals surface area contributed by atoms with Crippen molar-refractivity contribution in [2.24, 2.45) is 0 Å². The molecule has 0 aliphatic heterocycles. The SMILES string of the molecule is Cc1cc(C(O)c2ccc(C)c(F)c2F)ccc1F. The van der Waals surface area contributed by atoms with Gasteiger partial charge in [-0.1, -0.05) is 24.3 Å². The maximum atomic E-state index is 13.8. The van der Waals surface area contributed by atoms with Gasteiger partial charge in [0.2, 0.25) is 0 Å². The van der Waals surface area contributed by atoms with E-state index in [4.69, 9.17) is 0 Å². The summed E-state index contributed by atoms with van der Waals surface area (Å²) in [5.41, 5.74) is 0.670. The van der Waals surface area contributed by atoms with Gasteiger partial charge in [-0.05, 0) is 36.6 Å². The van der Waals surface area contributed by atoms with Gasteiger partial charge in [-0.3, -0.25) is 0 Å². The van der Waals surface area contributed by atoms with Gasteiger partial charge in [0.1, 0.15) is 11.9 Å². The molecule has 1 N–H and O–H groups in total. The quantitative estimate of drug-likeness (QED) is 0.876. The number of aryl methyl sites for hydroxylation is 2. The maximum Gasteiger partial charge on any atom is 0.165 e. The van der Waals surface area contributed by atoms with E-state index in [1.165, 1.54) is 44.2 Å². The van der Waals surface area contributed by atoms with E-state index in [0.29, 0.717) is 11.1 Å². The Morgan fingerprint density at radius 2 is 1.58 bits per heavy atom. The van der Waals surface area contributed by atoms with Crippen LogP contribution in [0.1, 0.15) is 28.4 Å². The summed E-state index contributed by atoms with van der Waals surface area (Å²) < 4.78 is 40.4. The summed E-state index contributed by atoms with van der Waals surface area (Å²) in [6, 6.07) is 6.68. The molecule has 1 unspecified atom stereocenters. The molecule has 0 amide bonds. The van der Waals surface area contributed by atoms with Crippen LogP contribution in [-0.2, 0) is 0 Å². The van der Waals surface area contributed by atoms with Gasteiger partial charge >= 0.3 is 0 Å². The fourth-order valence-electron chi connectivity index (χ4n) is 1.89. The molecule has 0 heterocycles. The summed E-state index contributed by atoms with van der Waals surface area (Å²) in [7, 11) is 0. The van der Waals surface area contributed by atoms with E-state index in [2.05, 4.69) is 0 Å². The second-order valence-corrected chi connectivity index (χ2v) is 4.51. The normalized spacial score (nSPS) is 12.5. The molecular formula is C15H13F3O.